The zero-order valence-corrected chi connectivity index (χ0v) is 16.8. The highest BCUT2D eigenvalue weighted by Gasteiger charge is 2.17. The van der Waals surface area contributed by atoms with Gasteiger partial charge in [0, 0.05) is 5.39 Å². The summed E-state index contributed by atoms with van der Waals surface area (Å²) in [6, 6.07) is 14.1. The molecule has 0 aliphatic heterocycles. The van der Waals surface area contributed by atoms with Crippen LogP contribution >= 0.6 is 11.6 Å². The summed E-state index contributed by atoms with van der Waals surface area (Å²) in [4.78, 5) is 4.75. The largest absolute Gasteiger partial charge is 0.363 e. The van der Waals surface area contributed by atoms with Crippen molar-refractivity contribution in [3.63, 3.8) is 0 Å². The van der Waals surface area contributed by atoms with Gasteiger partial charge in [0.2, 0.25) is 10.0 Å². The van der Waals surface area contributed by atoms with Crippen LogP contribution in [0.2, 0.25) is 5.02 Å². The second-order valence-electron chi connectivity index (χ2n) is 6.60. The molecule has 0 radical (unpaired) electrons. The molecule has 2 aromatic carbocycles. The molecule has 0 aliphatic rings. The maximum Gasteiger partial charge on any atom is 0.238 e. The molecule has 28 heavy (non-hydrogen) atoms. The maximum atomic E-state index is 11.6. The van der Waals surface area contributed by atoms with Gasteiger partial charge in [-0.05, 0) is 43.7 Å². The average molecular weight is 416 g/mol. The molecular formula is C19H18ClN5O2S. The number of nitrogens with zero attached hydrogens (tertiary/aromatic N) is 3. The van der Waals surface area contributed by atoms with Crippen LogP contribution in [-0.4, -0.2) is 23.0 Å². The van der Waals surface area contributed by atoms with Crippen LogP contribution < -0.4 is 10.5 Å². The number of rotatable bonds is 4. The number of aryl methyl sites for hydroxylation is 1. The Balaban J connectivity index is 1.82. The monoisotopic (exact) mass is 415 g/mol. The number of halogens is 1. The van der Waals surface area contributed by atoms with E-state index in [1.165, 1.54) is 6.07 Å². The minimum Gasteiger partial charge on any atom is -0.363 e. The molecule has 3 N–H and O–H groups in total. The first-order valence-electron chi connectivity index (χ1n) is 8.58. The number of hydrogen-bond donors (Lipinski definition) is 2. The lowest BCUT2D eigenvalue weighted by Gasteiger charge is -2.17. The number of aromatic nitrogens is 3. The van der Waals surface area contributed by atoms with Crippen molar-refractivity contribution < 1.29 is 8.42 Å². The predicted molar refractivity (Wildman–Crippen MR) is 110 cm³/mol. The molecule has 9 heteroatoms. The zero-order chi connectivity index (χ0) is 20.1. The van der Waals surface area contributed by atoms with Crippen molar-refractivity contribution in [3.8, 4) is 0 Å². The molecule has 0 saturated heterocycles. The van der Waals surface area contributed by atoms with E-state index in [1.807, 2.05) is 44.2 Å². The summed E-state index contributed by atoms with van der Waals surface area (Å²) < 4.78 is 25.0. The summed E-state index contributed by atoms with van der Waals surface area (Å²) in [6.07, 6.45) is 0. The van der Waals surface area contributed by atoms with Gasteiger partial charge in [0.25, 0.3) is 0 Å². The van der Waals surface area contributed by atoms with Crippen LogP contribution in [0.25, 0.3) is 16.6 Å². The van der Waals surface area contributed by atoms with E-state index in [0.717, 1.165) is 16.5 Å². The summed E-state index contributed by atoms with van der Waals surface area (Å²) in [5, 5.41) is 14.5. The van der Waals surface area contributed by atoms with Crippen LogP contribution in [0.3, 0.4) is 0 Å². The first-order valence-corrected chi connectivity index (χ1v) is 10.5. The number of sulfonamides is 1. The fourth-order valence-corrected chi connectivity index (χ4v) is 3.87. The Morgan fingerprint density at radius 1 is 1.18 bits per heavy atom. The van der Waals surface area contributed by atoms with E-state index in [1.54, 1.807) is 16.6 Å². The van der Waals surface area contributed by atoms with Crippen molar-refractivity contribution in [2.45, 2.75) is 24.8 Å². The summed E-state index contributed by atoms with van der Waals surface area (Å²) in [6.45, 7) is 3.76. The van der Waals surface area contributed by atoms with E-state index >= 15 is 0 Å². The van der Waals surface area contributed by atoms with Crippen LogP contribution in [-0.2, 0) is 10.0 Å². The fraction of sp³-hybridized carbons (Fsp3) is 0.158. The van der Waals surface area contributed by atoms with Gasteiger partial charge in [0.05, 0.1) is 22.1 Å². The minimum absolute atomic E-state index is 0.0707. The standard InChI is InChI=1S/C19H18ClN5O2S/c1-11(13-6-5-7-14(10-13)28(21,26)27)22-18-15-8-3-4-9-16(15)25-19(23-18)17(20)12(2)24-25/h3-11H,1-2H3,(H,22,23)(H2,21,26,27). The van der Waals surface area contributed by atoms with Crippen LogP contribution in [0, 0.1) is 6.92 Å². The first-order chi connectivity index (χ1) is 13.3. The molecule has 1 unspecified atom stereocenters. The van der Waals surface area contributed by atoms with E-state index < -0.39 is 10.0 Å². The Bertz CT molecular complexity index is 1320. The number of anilines is 1. The van der Waals surface area contributed by atoms with Gasteiger partial charge >= 0.3 is 0 Å². The molecule has 7 nitrogen and oxygen atoms in total. The summed E-state index contributed by atoms with van der Waals surface area (Å²) in [5.74, 6) is 0.637. The van der Waals surface area contributed by atoms with Crippen LogP contribution in [0.5, 0.6) is 0 Å². The second kappa shape index (κ2) is 6.73. The van der Waals surface area contributed by atoms with Crippen molar-refractivity contribution in [2.75, 3.05) is 5.32 Å². The highest BCUT2D eigenvalue weighted by atomic mass is 35.5. The smallest absolute Gasteiger partial charge is 0.238 e. The van der Waals surface area contributed by atoms with Crippen molar-refractivity contribution in [2.24, 2.45) is 5.14 Å². The summed E-state index contributed by atoms with van der Waals surface area (Å²) in [5.41, 5.74) is 2.90. The van der Waals surface area contributed by atoms with Gasteiger partial charge in [0.15, 0.2) is 5.65 Å². The Morgan fingerprint density at radius 3 is 2.68 bits per heavy atom. The van der Waals surface area contributed by atoms with Crippen molar-refractivity contribution in [3.05, 3.63) is 64.8 Å². The molecule has 0 amide bonds. The van der Waals surface area contributed by atoms with Crippen molar-refractivity contribution >= 4 is 44.0 Å². The number of hydrogen-bond acceptors (Lipinski definition) is 5. The van der Waals surface area contributed by atoms with Crippen LogP contribution in [0.1, 0.15) is 24.2 Å². The number of primary sulfonamides is 1. The van der Waals surface area contributed by atoms with E-state index in [2.05, 4.69) is 15.4 Å². The molecule has 0 bridgehead atoms. The molecule has 1 atom stereocenters. The lowest BCUT2D eigenvalue weighted by Crippen LogP contribution is -2.14. The Hall–Kier alpha value is -2.68. The molecule has 0 fully saturated rings. The number of nitrogens with two attached hydrogens (primary N) is 1. The SMILES string of the molecule is Cc1nn2c(nc(NC(C)c3cccc(S(N)(=O)=O)c3)c3ccccc32)c1Cl. The Labute approximate surface area is 167 Å². The number of fused-ring (bicyclic) bond motifs is 3. The topological polar surface area (TPSA) is 102 Å². The zero-order valence-electron chi connectivity index (χ0n) is 15.2. The van der Waals surface area contributed by atoms with Gasteiger partial charge in [0.1, 0.15) is 10.8 Å². The average Bonchev–Trinajstić information content (AvgIpc) is 2.96. The summed E-state index contributed by atoms with van der Waals surface area (Å²) in [7, 11) is -3.77. The van der Waals surface area contributed by atoms with Crippen LogP contribution in [0.4, 0.5) is 5.82 Å². The van der Waals surface area contributed by atoms with Gasteiger partial charge in [-0.25, -0.2) is 23.1 Å². The Kier molecular flexibility index (Phi) is 4.49. The third kappa shape index (κ3) is 3.19. The number of nitrogens with one attached hydrogen (secondary N) is 1. The highest BCUT2D eigenvalue weighted by Crippen LogP contribution is 2.30. The third-order valence-corrected chi connectivity index (χ3v) is 5.96. The van der Waals surface area contributed by atoms with E-state index in [4.69, 9.17) is 16.7 Å². The third-order valence-electron chi connectivity index (χ3n) is 4.61. The molecule has 0 aliphatic carbocycles. The molecular weight excluding hydrogens is 398 g/mol. The maximum absolute atomic E-state index is 11.6. The minimum atomic E-state index is -3.77. The molecule has 144 valence electrons. The predicted octanol–water partition coefficient (Wildman–Crippen LogP) is 3.66. The highest BCUT2D eigenvalue weighted by molar-refractivity contribution is 7.89. The molecule has 0 saturated carbocycles. The molecule has 2 heterocycles. The molecule has 2 aromatic heterocycles. The van der Waals surface area contributed by atoms with Crippen LogP contribution in [0.15, 0.2) is 53.4 Å². The molecule has 0 spiro atoms. The number of para-hydroxylation sites is 1. The van der Waals surface area contributed by atoms with Gasteiger partial charge in [-0.1, -0.05) is 35.9 Å². The van der Waals surface area contributed by atoms with Gasteiger partial charge < -0.3 is 5.32 Å². The lowest BCUT2D eigenvalue weighted by molar-refractivity contribution is 0.597. The van der Waals surface area contributed by atoms with E-state index in [9.17, 15) is 8.42 Å². The molecule has 4 rings (SSSR count). The fourth-order valence-electron chi connectivity index (χ4n) is 3.14. The van der Waals surface area contributed by atoms with Gasteiger partial charge in [-0.2, -0.15) is 5.10 Å². The Morgan fingerprint density at radius 2 is 1.93 bits per heavy atom. The van der Waals surface area contributed by atoms with Gasteiger partial charge in [-0.3, -0.25) is 0 Å². The lowest BCUT2D eigenvalue weighted by atomic mass is 10.1. The first kappa shape index (κ1) is 18.7. The molecule has 4 aromatic rings. The quantitative estimate of drug-likeness (QED) is 0.529. The van der Waals surface area contributed by atoms with Crippen molar-refractivity contribution in [1.29, 1.82) is 0 Å². The van der Waals surface area contributed by atoms with Crippen molar-refractivity contribution in [1.82, 2.24) is 14.6 Å². The second-order valence-corrected chi connectivity index (χ2v) is 8.54. The van der Waals surface area contributed by atoms with E-state index in [-0.39, 0.29) is 10.9 Å². The number of benzene rings is 2. The normalized spacial score (nSPS) is 13.1. The van der Waals surface area contributed by atoms with Gasteiger partial charge in [-0.15, -0.1) is 0 Å². The van der Waals surface area contributed by atoms with E-state index in [0.29, 0.717) is 22.2 Å². The summed E-state index contributed by atoms with van der Waals surface area (Å²) >= 11 is 6.38.